The Morgan fingerprint density at radius 1 is 1.18 bits per heavy atom. The minimum atomic E-state index is -0.524. The van der Waals surface area contributed by atoms with Crippen molar-refractivity contribution in [2.24, 2.45) is 0 Å². The van der Waals surface area contributed by atoms with Crippen molar-refractivity contribution >= 4 is 45.9 Å². The average Bonchev–Trinajstić information content (AvgIpc) is 2.82. The van der Waals surface area contributed by atoms with Gasteiger partial charge in [-0.05, 0) is 64.1 Å². The normalized spacial score (nSPS) is 10.8. The highest BCUT2D eigenvalue weighted by atomic mass is 127. The van der Waals surface area contributed by atoms with Crippen LogP contribution in [0.5, 0.6) is 11.5 Å². The van der Waals surface area contributed by atoms with E-state index in [0.717, 1.165) is 0 Å². The number of benzene rings is 3. The summed E-state index contributed by atoms with van der Waals surface area (Å²) in [6, 6.07) is 20.4. The molecule has 3 rings (SSSR count). The Labute approximate surface area is 203 Å². The van der Waals surface area contributed by atoms with Gasteiger partial charge in [-0.3, -0.25) is 14.9 Å². The first-order chi connectivity index (χ1) is 15.9. The molecule has 0 aliphatic heterocycles. The van der Waals surface area contributed by atoms with Crippen LogP contribution in [0.2, 0.25) is 0 Å². The summed E-state index contributed by atoms with van der Waals surface area (Å²) in [5.41, 5.74) is 1.72. The van der Waals surface area contributed by atoms with E-state index in [1.165, 1.54) is 25.3 Å². The van der Waals surface area contributed by atoms with Crippen molar-refractivity contribution in [3.05, 3.63) is 97.1 Å². The molecule has 1 amide bonds. The van der Waals surface area contributed by atoms with Crippen molar-refractivity contribution in [1.29, 1.82) is 5.26 Å². The number of rotatable bonds is 8. The first kappa shape index (κ1) is 23.7. The number of ether oxygens (including phenoxy) is 2. The SMILES string of the molecule is COc1cc(/C=C(/C#N)C(=O)Nc2ccccc2)cc(I)c1OCc1cccc([N+](=O)[O-])c1. The molecule has 0 bridgehead atoms. The summed E-state index contributed by atoms with van der Waals surface area (Å²) >= 11 is 2.06. The maximum Gasteiger partial charge on any atom is 0.269 e. The van der Waals surface area contributed by atoms with E-state index in [1.54, 1.807) is 48.5 Å². The molecule has 0 spiro atoms. The van der Waals surface area contributed by atoms with Crippen molar-refractivity contribution in [2.75, 3.05) is 12.4 Å². The quantitative estimate of drug-likeness (QED) is 0.132. The summed E-state index contributed by atoms with van der Waals surface area (Å²) in [6.45, 7) is 0.103. The van der Waals surface area contributed by atoms with Gasteiger partial charge < -0.3 is 14.8 Å². The van der Waals surface area contributed by atoms with Gasteiger partial charge in [-0.2, -0.15) is 5.26 Å². The molecule has 0 atom stereocenters. The van der Waals surface area contributed by atoms with Crippen molar-refractivity contribution in [3.63, 3.8) is 0 Å². The zero-order chi connectivity index (χ0) is 23.8. The van der Waals surface area contributed by atoms with Crippen LogP contribution in [0.4, 0.5) is 11.4 Å². The molecule has 0 fully saturated rings. The Bertz CT molecular complexity index is 1250. The van der Waals surface area contributed by atoms with Gasteiger partial charge in [0, 0.05) is 17.8 Å². The molecule has 0 aromatic heterocycles. The minimum absolute atomic E-state index is 0.0175. The highest BCUT2D eigenvalue weighted by Crippen LogP contribution is 2.35. The van der Waals surface area contributed by atoms with E-state index in [4.69, 9.17) is 9.47 Å². The van der Waals surface area contributed by atoms with Crippen LogP contribution in [-0.4, -0.2) is 17.9 Å². The third-order valence-corrected chi connectivity index (χ3v) is 5.27. The molecule has 33 heavy (non-hydrogen) atoms. The standard InChI is InChI=1S/C24H18IN3O5/c1-32-22-13-17(10-18(14-26)24(29)27-19-7-3-2-4-8-19)12-21(25)23(22)33-15-16-6-5-9-20(11-16)28(30)31/h2-13H,15H2,1H3,(H,27,29)/b18-10-. The molecule has 166 valence electrons. The van der Waals surface area contributed by atoms with Crippen molar-refractivity contribution in [2.45, 2.75) is 6.61 Å². The number of hydrogen-bond acceptors (Lipinski definition) is 6. The largest absolute Gasteiger partial charge is 0.493 e. The van der Waals surface area contributed by atoms with Gasteiger partial charge in [0.1, 0.15) is 18.2 Å². The lowest BCUT2D eigenvalue weighted by atomic mass is 10.1. The van der Waals surface area contributed by atoms with E-state index in [2.05, 4.69) is 27.9 Å². The molecule has 1 N–H and O–H groups in total. The Balaban J connectivity index is 1.81. The van der Waals surface area contributed by atoms with E-state index in [-0.39, 0.29) is 17.9 Å². The van der Waals surface area contributed by atoms with Crippen LogP contribution in [-0.2, 0) is 11.4 Å². The predicted molar refractivity (Wildman–Crippen MR) is 132 cm³/mol. The van der Waals surface area contributed by atoms with E-state index in [9.17, 15) is 20.2 Å². The first-order valence-corrected chi connectivity index (χ1v) is 10.7. The monoisotopic (exact) mass is 555 g/mol. The van der Waals surface area contributed by atoms with Crippen LogP contribution in [0.1, 0.15) is 11.1 Å². The lowest BCUT2D eigenvalue weighted by molar-refractivity contribution is -0.384. The molecule has 3 aromatic carbocycles. The van der Waals surface area contributed by atoms with Gasteiger partial charge in [0.25, 0.3) is 11.6 Å². The van der Waals surface area contributed by atoms with Crippen molar-refractivity contribution in [1.82, 2.24) is 0 Å². The Kier molecular flexibility index (Phi) is 7.99. The van der Waals surface area contributed by atoms with Gasteiger partial charge in [-0.25, -0.2) is 0 Å². The molecule has 0 saturated heterocycles. The van der Waals surface area contributed by atoms with Crippen molar-refractivity contribution in [3.8, 4) is 17.6 Å². The number of carbonyl (C=O) groups excluding carboxylic acids is 1. The summed E-state index contributed by atoms with van der Waals surface area (Å²) in [5.74, 6) is 0.331. The molecule has 3 aromatic rings. The van der Waals surface area contributed by atoms with Crippen LogP contribution >= 0.6 is 22.6 Å². The number of hydrogen-bond donors (Lipinski definition) is 1. The number of nitriles is 1. The number of nitrogens with one attached hydrogen (secondary N) is 1. The molecular weight excluding hydrogens is 537 g/mol. The molecule has 0 aliphatic rings. The van der Waals surface area contributed by atoms with Gasteiger partial charge in [0.15, 0.2) is 11.5 Å². The number of non-ortho nitro benzene ring substituents is 1. The fourth-order valence-electron chi connectivity index (χ4n) is 2.91. The molecular formula is C24H18IN3O5. The van der Waals surface area contributed by atoms with Crippen LogP contribution in [0, 0.1) is 25.0 Å². The maximum atomic E-state index is 12.5. The number of halogens is 1. The van der Waals surface area contributed by atoms with Crippen LogP contribution < -0.4 is 14.8 Å². The predicted octanol–water partition coefficient (Wildman–Crippen LogP) is 5.33. The summed E-state index contributed by atoms with van der Waals surface area (Å²) in [7, 11) is 1.48. The fourth-order valence-corrected chi connectivity index (χ4v) is 3.69. The number of para-hydroxylation sites is 1. The zero-order valence-corrected chi connectivity index (χ0v) is 19.6. The topological polar surface area (TPSA) is 114 Å². The minimum Gasteiger partial charge on any atom is -0.493 e. The number of amides is 1. The number of carbonyl (C=O) groups is 1. The van der Waals surface area contributed by atoms with E-state index < -0.39 is 10.8 Å². The highest BCUT2D eigenvalue weighted by Gasteiger charge is 2.15. The molecule has 0 heterocycles. The average molecular weight is 555 g/mol. The third kappa shape index (κ3) is 6.30. The smallest absolute Gasteiger partial charge is 0.269 e. The maximum absolute atomic E-state index is 12.5. The van der Waals surface area contributed by atoms with E-state index in [0.29, 0.717) is 31.9 Å². The number of nitro benzene ring substituents is 1. The Morgan fingerprint density at radius 2 is 1.94 bits per heavy atom. The van der Waals surface area contributed by atoms with Gasteiger partial charge >= 0.3 is 0 Å². The summed E-state index contributed by atoms with van der Waals surface area (Å²) < 4.78 is 12.0. The highest BCUT2D eigenvalue weighted by molar-refractivity contribution is 14.1. The van der Waals surface area contributed by atoms with E-state index >= 15 is 0 Å². The summed E-state index contributed by atoms with van der Waals surface area (Å²) in [4.78, 5) is 23.0. The lowest BCUT2D eigenvalue weighted by Gasteiger charge is -2.14. The van der Waals surface area contributed by atoms with Crippen molar-refractivity contribution < 1.29 is 19.2 Å². The number of anilines is 1. The number of methoxy groups -OCH3 is 1. The molecule has 8 nitrogen and oxygen atoms in total. The second-order valence-corrected chi connectivity index (χ2v) is 7.90. The van der Waals surface area contributed by atoms with Gasteiger partial charge in [0.05, 0.1) is 15.6 Å². The van der Waals surface area contributed by atoms with Crippen LogP contribution in [0.15, 0.2) is 72.3 Å². The molecule has 0 unspecified atom stereocenters. The molecule has 0 radical (unpaired) electrons. The lowest BCUT2D eigenvalue weighted by Crippen LogP contribution is -2.13. The zero-order valence-electron chi connectivity index (χ0n) is 17.4. The number of nitro groups is 1. The van der Waals surface area contributed by atoms with E-state index in [1.807, 2.05) is 12.1 Å². The van der Waals surface area contributed by atoms with Gasteiger partial charge in [0.2, 0.25) is 0 Å². The Morgan fingerprint density at radius 3 is 2.61 bits per heavy atom. The molecule has 0 saturated carbocycles. The fraction of sp³-hybridized carbons (Fsp3) is 0.0833. The van der Waals surface area contributed by atoms with Gasteiger partial charge in [-0.1, -0.05) is 30.3 Å². The van der Waals surface area contributed by atoms with Gasteiger partial charge in [-0.15, -0.1) is 0 Å². The molecule has 9 heteroatoms. The Hall–Kier alpha value is -3.91. The third-order valence-electron chi connectivity index (χ3n) is 4.46. The second-order valence-electron chi connectivity index (χ2n) is 6.74. The second kappa shape index (κ2) is 11.1. The summed E-state index contributed by atoms with van der Waals surface area (Å²) in [6.07, 6.45) is 1.47. The van der Waals surface area contributed by atoms with Crippen LogP contribution in [0.25, 0.3) is 6.08 Å². The summed E-state index contributed by atoms with van der Waals surface area (Å²) in [5, 5.41) is 23.1. The molecule has 0 aliphatic carbocycles. The first-order valence-electron chi connectivity index (χ1n) is 9.63. The number of nitrogens with zero attached hydrogens (tertiary/aromatic N) is 2. The van der Waals surface area contributed by atoms with Crippen LogP contribution in [0.3, 0.4) is 0 Å².